The van der Waals surface area contributed by atoms with Crippen LogP contribution in [0.1, 0.15) is 77.6 Å². The van der Waals surface area contributed by atoms with Crippen molar-refractivity contribution in [3.63, 3.8) is 0 Å². The van der Waals surface area contributed by atoms with Crippen molar-refractivity contribution in [2.75, 3.05) is 19.8 Å². The highest BCUT2D eigenvalue weighted by Crippen LogP contribution is 2.10. The lowest BCUT2D eigenvalue weighted by Gasteiger charge is -2.24. The van der Waals surface area contributed by atoms with Gasteiger partial charge in [-0.1, -0.05) is 58.3 Å². The Labute approximate surface area is 147 Å². The van der Waals surface area contributed by atoms with Gasteiger partial charge in [0.1, 0.15) is 0 Å². The lowest BCUT2D eigenvalue weighted by atomic mass is 9.99. The number of nitrogens with one attached hydrogen (secondary N) is 1. The largest absolute Gasteiger partial charge is 0.394 e. The van der Waals surface area contributed by atoms with Crippen molar-refractivity contribution in [2.24, 2.45) is 5.73 Å². The Morgan fingerprint density at radius 3 is 1.91 bits per heavy atom. The Morgan fingerprint density at radius 1 is 0.957 bits per heavy atom. The van der Waals surface area contributed by atoms with E-state index in [1.807, 2.05) is 0 Å². The average Bonchev–Trinajstić information content (AvgIpc) is 2.53. The number of aliphatic hydroxyl groups is 2. The molecular weight excluding hydrogens is 316 g/mol. The molecule has 0 atom stereocenters. The maximum atomic E-state index is 11.6. The lowest BCUT2D eigenvalue weighted by molar-refractivity contribution is -0.121. The van der Waals surface area contributed by atoms with Gasteiger partial charge in [-0.05, 0) is 12.8 Å². The van der Waals surface area contributed by atoms with Crippen molar-refractivity contribution < 1.29 is 15.0 Å². The highest BCUT2D eigenvalue weighted by molar-refractivity contribution is 5.85. The topological polar surface area (TPSA) is 95.6 Å². The van der Waals surface area contributed by atoms with Crippen LogP contribution < -0.4 is 11.1 Å². The van der Waals surface area contributed by atoms with E-state index in [9.17, 15) is 4.79 Å². The lowest BCUT2D eigenvalue weighted by Crippen LogP contribution is -2.49. The van der Waals surface area contributed by atoms with Crippen molar-refractivity contribution in [1.29, 1.82) is 0 Å². The molecule has 0 heterocycles. The molecule has 0 unspecified atom stereocenters. The van der Waals surface area contributed by atoms with E-state index < -0.39 is 5.54 Å². The monoisotopic (exact) mass is 352 g/mol. The summed E-state index contributed by atoms with van der Waals surface area (Å²) in [5, 5.41) is 20.9. The van der Waals surface area contributed by atoms with E-state index in [4.69, 9.17) is 15.9 Å². The fourth-order valence-electron chi connectivity index (χ4n) is 2.34. The number of unbranched alkanes of at least 4 members (excludes halogenated alkanes) is 8. The quantitative estimate of drug-likeness (QED) is 0.340. The van der Waals surface area contributed by atoms with Crippen LogP contribution in [0.5, 0.6) is 0 Å². The minimum Gasteiger partial charge on any atom is -0.394 e. The zero-order chi connectivity index (χ0) is 16.7. The summed E-state index contributed by atoms with van der Waals surface area (Å²) in [5.41, 5.74) is 4.74. The first kappa shape index (κ1) is 24.9. The van der Waals surface area contributed by atoms with Gasteiger partial charge in [-0.25, -0.2) is 0 Å². The molecule has 0 aliphatic heterocycles. The van der Waals surface area contributed by atoms with Crippen LogP contribution in [0, 0.1) is 0 Å². The van der Waals surface area contributed by atoms with Crippen LogP contribution in [-0.2, 0) is 4.79 Å². The third kappa shape index (κ3) is 14.9. The molecule has 0 spiro atoms. The number of nitrogens with two attached hydrogens (primary N) is 1. The fraction of sp³-hybridized carbons (Fsp3) is 0.941. The van der Waals surface area contributed by atoms with E-state index in [0.29, 0.717) is 19.4 Å². The zero-order valence-electron chi connectivity index (χ0n) is 14.7. The third-order valence-electron chi connectivity index (χ3n) is 4.08. The second-order valence-corrected chi connectivity index (χ2v) is 6.36. The fourth-order valence-corrected chi connectivity index (χ4v) is 2.34. The summed E-state index contributed by atoms with van der Waals surface area (Å²) in [6.07, 6.45) is 12.1. The van der Waals surface area contributed by atoms with Crippen LogP contribution in [0.3, 0.4) is 0 Å². The maximum Gasteiger partial charge on any atom is 0.219 e. The number of rotatable bonds is 15. The maximum absolute atomic E-state index is 11.6. The van der Waals surface area contributed by atoms with Gasteiger partial charge in [0.2, 0.25) is 5.91 Å². The second kappa shape index (κ2) is 16.5. The SMILES string of the molecule is CCCCCCCCCCCC(=O)NCCC(N)(CO)CO.Cl. The summed E-state index contributed by atoms with van der Waals surface area (Å²) in [6.45, 7) is 2.06. The third-order valence-corrected chi connectivity index (χ3v) is 4.08. The van der Waals surface area contributed by atoms with Gasteiger partial charge in [-0.15, -0.1) is 12.4 Å². The van der Waals surface area contributed by atoms with Gasteiger partial charge in [0, 0.05) is 13.0 Å². The normalized spacial score (nSPS) is 11.1. The second-order valence-electron chi connectivity index (χ2n) is 6.36. The van der Waals surface area contributed by atoms with Crippen molar-refractivity contribution in [1.82, 2.24) is 5.32 Å². The van der Waals surface area contributed by atoms with Gasteiger partial charge in [-0.2, -0.15) is 0 Å². The Hall–Kier alpha value is -0.360. The average molecular weight is 353 g/mol. The van der Waals surface area contributed by atoms with Crippen LogP contribution in [0.4, 0.5) is 0 Å². The summed E-state index contributed by atoms with van der Waals surface area (Å²) >= 11 is 0. The number of halogens is 1. The molecule has 0 fully saturated rings. The smallest absolute Gasteiger partial charge is 0.219 e. The molecule has 0 rings (SSSR count). The van der Waals surface area contributed by atoms with Crippen molar-refractivity contribution >= 4 is 18.3 Å². The molecular formula is C17H37ClN2O3. The first-order valence-corrected chi connectivity index (χ1v) is 8.85. The van der Waals surface area contributed by atoms with E-state index in [2.05, 4.69) is 12.2 Å². The molecule has 5 nitrogen and oxygen atoms in total. The molecule has 0 saturated heterocycles. The molecule has 0 aromatic carbocycles. The van der Waals surface area contributed by atoms with E-state index in [1.54, 1.807) is 0 Å². The minimum absolute atomic E-state index is 0. The molecule has 0 aromatic heterocycles. The summed E-state index contributed by atoms with van der Waals surface area (Å²) in [5.74, 6) is 0.0289. The molecule has 0 bridgehead atoms. The first-order chi connectivity index (χ1) is 10.6. The van der Waals surface area contributed by atoms with Gasteiger partial charge in [0.15, 0.2) is 0 Å². The molecule has 0 aliphatic rings. The van der Waals surface area contributed by atoms with Crippen molar-refractivity contribution in [2.45, 2.75) is 83.1 Å². The van der Waals surface area contributed by atoms with Crippen LogP contribution in [-0.4, -0.2) is 41.4 Å². The standard InChI is InChI=1S/C17H36N2O3.ClH/c1-2-3-4-5-6-7-8-9-10-11-16(22)19-13-12-17(18,14-20)15-21;/h20-21H,2-15,18H2,1H3,(H,19,22);1H. The van der Waals surface area contributed by atoms with Crippen molar-refractivity contribution in [3.05, 3.63) is 0 Å². The summed E-state index contributed by atoms with van der Waals surface area (Å²) < 4.78 is 0. The van der Waals surface area contributed by atoms with Crippen molar-refractivity contribution in [3.8, 4) is 0 Å². The Bertz CT molecular complexity index is 275. The predicted octanol–water partition coefficient (Wildman–Crippen LogP) is 2.52. The number of carbonyl (C=O) groups excluding carboxylic acids is 1. The van der Waals surface area contributed by atoms with Gasteiger partial charge in [0.25, 0.3) is 0 Å². The highest BCUT2D eigenvalue weighted by Gasteiger charge is 2.22. The highest BCUT2D eigenvalue weighted by atomic mass is 35.5. The Morgan fingerprint density at radius 2 is 1.43 bits per heavy atom. The molecule has 0 aromatic rings. The molecule has 1 amide bonds. The predicted molar refractivity (Wildman–Crippen MR) is 97.8 cm³/mol. The summed E-state index contributed by atoms with van der Waals surface area (Å²) in [4.78, 5) is 11.6. The van der Waals surface area contributed by atoms with Gasteiger partial charge in [-0.3, -0.25) is 4.79 Å². The summed E-state index contributed by atoms with van der Waals surface area (Å²) in [7, 11) is 0. The van der Waals surface area contributed by atoms with E-state index in [1.165, 1.54) is 44.9 Å². The number of hydrogen-bond acceptors (Lipinski definition) is 4. The molecule has 0 radical (unpaired) electrons. The number of aliphatic hydroxyl groups excluding tert-OH is 2. The van der Waals surface area contributed by atoms with E-state index in [-0.39, 0.29) is 31.5 Å². The number of carbonyl (C=O) groups is 1. The number of amides is 1. The van der Waals surface area contributed by atoms with E-state index in [0.717, 1.165) is 12.8 Å². The van der Waals surface area contributed by atoms with Crippen LogP contribution in [0.15, 0.2) is 0 Å². The molecule has 140 valence electrons. The van der Waals surface area contributed by atoms with Gasteiger partial charge < -0.3 is 21.3 Å². The Kier molecular flexibility index (Phi) is 17.8. The van der Waals surface area contributed by atoms with Crippen LogP contribution in [0.2, 0.25) is 0 Å². The molecule has 23 heavy (non-hydrogen) atoms. The van der Waals surface area contributed by atoms with E-state index >= 15 is 0 Å². The molecule has 6 heteroatoms. The van der Waals surface area contributed by atoms with Crippen LogP contribution in [0.25, 0.3) is 0 Å². The zero-order valence-corrected chi connectivity index (χ0v) is 15.5. The molecule has 5 N–H and O–H groups in total. The summed E-state index contributed by atoms with van der Waals surface area (Å²) in [6, 6.07) is 0. The molecule has 0 saturated carbocycles. The number of hydrogen-bond donors (Lipinski definition) is 4. The van der Waals surface area contributed by atoms with Gasteiger partial charge in [0.05, 0.1) is 18.8 Å². The van der Waals surface area contributed by atoms with Crippen LogP contribution >= 0.6 is 12.4 Å². The first-order valence-electron chi connectivity index (χ1n) is 8.85. The Balaban J connectivity index is 0. The molecule has 0 aliphatic carbocycles. The van der Waals surface area contributed by atoms with Gasteiger partial charge >= 0.3 is 0 Å². The minimum atomic E-state index is -0.995.